The van der Waals surface area contributed by atoms with E-state index in [9.17, 15) is 23.3 Å². The van der Waals surface area contributed by atoms with Crippen molar-refractivity contribution in [3.63, 3.8) is 0 Å². The van der Waals surface area contributed by atoms with Gasteiger partial charge in [-0.05, 0) is 41.5 Å². The average Bonchev–Trinajstić information content (AvgIpc) is 2.75. The predicted molar refractivity (Wildman–Crippen MR) is 101 cm³/mol. The minimum atomic E-state index is -1.55. The largest absolute Gasteiger partial charge is 0.474 e. The Bertz CT molecular complexity index is 1260. The van der Waals surface area contributed by atoms with Crippen molar-refractivity contribution >= 4 is 6.08 Å². The second kappa shape index (κ2) is 7.37. The molecule has 0 saturated carbocycles. The Hall–Kier alpha value is -4.12. The van der Waals surface area contributed by atoms with E-state index in [0.717, 1.165) is 5.56 Å². The van der Waals surface area contributed by atoms with Crippen LogP contribution in [-0.4, -0.2) is 4.92 Å². The van der Waals surface area contributed by atoms with Gasteiger partial charge in [0.15, 0.2) is 11.6 Å². The molecule has 1 atom stereocenters. The lowest BCUT2D eigenvalue weighted by molar-refractivity contribution is -0.434. The van der Waals surface area contributed by atoms with Crippen LogP contribution in [0.4, 0.5) is 13.2 Å². The number of hydrogen-bond donors (Lipinski definition) is 0. The molecule has 5 nitrogen and oxygen atoms in total. The summed E-state index contributed by atoms with van der Waals surface area (Å²) in [6.07, 6.45) is -0.336. The van der Waals surface area contributed by atoms with Gasteiger partial charge in [0.25, 0.3) is 5.70 Å². The summed E-state index contributed by atoms with van der Waals surface area (Å²) in [6, 6.07) is 14.6. The normalized spacial score (nSPS) is 14.9. The van der Waals surface area contributed by atoms with Gasteiger partial charge in [-0.25, -0.2) is 13.2 Å². The molecule has 0 N–H and O–H groups in total. The number of hydrogen-bond acceptors (Lipinski definition) is 4. The standard InChI is InChI=1S/C22H11F3N2O3/c23-17-10-19(25)18(24)9-16(17)22-20(27(28)29)8-15-7-14(4-5-21(15)30-22)13-3-1-2-12(6-13)11-26/h1-10,22H. The number of ether oxygens (including phenoxy) is 1. The van der Waals surface area contributed by atoms with Crippen molar-refractivity contribution in [1.29, 1.82) is 5.26 Å². The molecule has 0 spiro atoms. The third-order valence-electron chi connectivity index (χ3n) is 4.68. The van der Waals surface area contributed by atoms with Gasteiger partial charge in [-0.15, -0.1) is 0 Å². The molecule has 1 unspecified atom stereocenters. The van der Waals surface area contributed by atoms with Gasteiger partial charge >= 0.3 is 0 Å². The van der Waals surface area contributed by atoms with E-state index in [1.54, 1.807) is 42.5 Å². The molecular weight excluding hydrogens is 397 g/mol. The van der Waals surface area contributed by atoms with Crippen LogP contribution in [0, 0.1) is 38.9 Å². The van der Waals surface area contributed by atoms with E-state index in [4.69, 9.17) is 10.00 Å². The molecule has 0 fully saturated rings. The fourth-order valence-corrected chi connectivity index (χ4v) is 3.25. The first-order valence-corrected chi connectivity index (χ1v) is 8.69. The lowest BCUT2D eigenvalue weighted by Gasteiger charge is -2.23. The first-order valence-electron chi connectivity index (χ1n) is 8.69. The SMILES string of the molecule is N#Cc1cccc(-c2ccc3c(c2)C=C([N+](=O)[O-])C(c2cc(F)c(F)cc2F)O3)c1. The highest BCUT2D eigenvalue weighted by molar-refractivity contribution is 5.73. The summed E-state index contributed by atoms with van der Waals surface area (Å²) >= 11 is 0. The summed E-state index contributed by atoms with van der Waals surface area (Å²) in [5, 5.41) is 20.6. The monoisotopic (exact) mass is 408 g/mol. The quantitative estimate of drug-likeness (QED) is 0.331. The molecule has 4 rings (SSSR count). The van der Waals surface area contributed by atoms with Gasteiger partial charge in [-0.3, -0.25) is 10.1 Å². The Morgan fingerprint density at radius 3 is 2.43 bits per heavy atom. The highest BCUT2D eigenvalue weighted by atomic mass is 19.2. The van der Waals surface area contributed by atoms with Gasteiger partial charge in [0, 0.05) is 23.3 Å². The minimum Gasteiger partial charge on any atom is -0.474 e. The van der Waals surface area contributed by atoms with Crippen LogP contribution in [0.2, 0.25) is 0 Å². The maximum atomic E-state index is 14.2. The highest BCUT2D eigenvalue weighted by Gasteiger charge is 2.36. The van der Waals surface area contributed by atoms with E-state index in [-0.39, 0.29) is 5.75 Å². The van der Waals surface area contributed by atoms with Crippen LogP contribution in [0.5, 0.6) is 5.75 Å². The second-order valence-electron chi connectivity index (χ2n) is 6.56. The zero-order chi connectivity index (χ0) is 21.4. The average molecular weight is 408 g/mol. The van der Waals surface area contributed by atoms with Crippen molar-refractivity contribution in [2.75, 3.05) is 0 Å². The molecule has 0 radical (unpaired) electrons. The molecule has 0 aliphatic carbocycles. The number of fused-ring (bicyclic) bond motifs is 1. The first kappa shape index (κ1) is 19.2. The van der Waals surface area contributed by atoms with Crippen molar-refractivity contribution < 1.29 is 22.8 Å². The Kier molecular flexibility index (Phi) is 4.72. The molecule has 30 heavy (non-hydrogen) atoms. The van der Waals surface area contributed by atoms with Crippen LogP contribution in [0.25, 0.3) is 17.2 Å². The molecule has 1 aliphatic rings. The van der Waals surface area contributed by atoms with Crippen molar-refractivity contribution in [2.45, 2.75) is 6.10 Å². The lowest BCUT2D eigenvalue weighted by Crippen LogP contribution is -2.21. The van der Waals surface area contributed by atoms with Crippen LogP contribution in [0.3, 0.4) is 0 Å². The van der Waals surface area contributed by atoms with E-state index in [0.29, 0.717) is 28.8 Å². The Morgan fingerprint density at radius 1 is 0.967 bits per heavy atom. The molecule has 0 saturated heterocycles. The maximum Gasteiger partial charge on any atom is 0.291 e. The minimum absolute atomic E-state index is 0.218. The first-order chi connectivity index (χ1) is 14.4. The molecular formula is C22H11F3N2O3. The fourth-order valence-electron chi connectivity index (χ4n) is 3.25. The number of nitrogens with zero attached hydrogens (tertiary/aromatic N) is 2. The Balaban J connectivity index is 1.80. The molecule has 1 aliphatic heterocycles. The topological polar surface area (TPSA) is 76.2 Å². The molecule has 0 aromatic heterocycles. The summed E-state index contributed by atoms with van der Waals surface area (Å²) in [5.74, 6) is -3.67. The lowest BCUT2D eigenvalue weighted by atomic mass is 9.96. The zero-order valence-electron chi connectivity index (χ0n) is 15.1. The van der Waals surface area contributed by atoms with Gasteiger partial charge in [0.2, 0.25) is 6.10 Å². The molecule has 0 amide bonds. The summed E-state index contributed by atoms with van der Waals surface area (Å²) < 4.78 is 46.7. The second-order valence-corrected chi connectivity index (χ2v) is 6.56. The Labute approximate surface area is 168 Å². The van der Waals surface area contributed by atoms with Gasteiger partial charge in [0.05, 0.1) is 16.6 Å². The Morgan fingerprint density at radius 2 is 1.70 bits per heavy atom. The van der Waals surface area contributed by atoms with Crippen molar-refractivity contribution in [1.82, 2.24) is 0 Å². The van der Waals surface area contributed by atoms with Gasteiger partial charge in [0.1, 0.15) is 11.6 Å². The summed E-state index contributed by atoms with van der Waals surface area (Å²) in [4.78, 5) is 10.8. The smallest absolute Gasteiger partial charge is 0.291 e. The van der Waals surface area contributed by atoms with Crippen LogP contribution in [0.1, 0.15) is 22.8 Å². The molecule has 148 valence electrons. The van der Waals surface area contributed by atoms with Gasteiger partial charge in [-0.1, -0.05) is 18.2 Å². The van der Waals surface area contributed by atoms with Crippen LogP contribution in [0.15, 0.2) is 60.3 Å². The summed E-state index contributed by atoms with van der Waals surface area (Å²) in [6.45, 7) is 0. The third-order valence-corrected chi connectivity index (χ3v) is 4.68. The zero-order valence-corrected chi connectivity index (χ0v) is 15.1. The van der Waals surface area contributed by atoms with Crippen molar-refractivity contribution in [3.05, 3.63) is 105 Å². The van der Waals surface area contributed by atoms with Crippen LogP contribution in [-0.2, 0) is 0 Å². The molecule has 1 heterocycles. The van der Waals surface area contributed by atoms with E-state index >= 15 is 0 Å². The van der Waals surface area contributed by atoms with E-state index < -0.39 is 39.7 Å². The molecule has 8 heteroatoms. The van der Waals surface area contributed by atoms with Crippen molar-refractivity contribution in [2.24, 2.45) is 0 Å². The van der Waals surface area contributed by atoms with Gasteiger partial charge in [-0.2, -0.15) is 5.26 Å². The number of halogens is 3. The molecule has 3 aromatic carbocycles. The summed E-state index contributed by atoms with van der Waals surface area (Å²) in [5.41, 5.74) is 1.23. The van der Waals surface area contributed by atoms with E-state index in [1.165, 1.54) is 6.08 Å². The number of nitriles is 1. The third kappa shape index (κ3) is 3.37. The molecule has 0 bridgehead atoms. The molecule has 3 aromatic rings. The van der Waals surface area contributed by atoms with Crippen LogP contribution < -0.4 is 4.74 Å². The predicted octanol–water partition coefficient (Wildman–Crippen LogP) is 5.39. The fraction of sp³-hybridized carbons (Fsp3) is 0.0455. The van der Waals surface area contributed by atoms with Crippen LogP contribution >= 0.6 is 0 Å². The number of benzene rings is 3. The van der Waals surface area contributed by atoms with Gasteiger partial charge < -0.3 is 4.74 Å². The van der Waals surface area contributed by atoms with E-state index in [1.807, 2.05) is 6.07 Å². The highest BCUT2D eigenvalue weighted by Crippen LogP contribution is 2.40. The van der Waals surface area contributed by atoms with Crippen molar-refractivity contribution in [3.8, 4) is 22.9 Å². The number of nitro groups is 1. The maximum absolute atomic E-state index is 14.2. The van der Waals surface area contributed by atoms with E-state index in [2.05, 4.69) is 0 Å². The summed E-state index contributed by atoms with van der Waals surface area (Å²) in [7, 11) is 0. The number of rotatable bonds is 3.